The number of aldehydes is 1. The maximum atomic E-state index is 12.2. The Balaban J connectivity index is 1.64. The fourth-order valence-corrected chi connectivity index (χ4v) is 3.20. The fraction of sp³-hybridized carbons (Fsp3) is 0.429. The number of benzene rings is 1. The third-order valence-electron chi connectivity index (χ3n) is 3.66. The third kappa shape index (κ3) is 3.25. The molecule has 1 atom stereocenters. The van der Waals surface area contributed by atoms with Gasteiger partial charge in [0.15, 0.2) is 0 Å². The zero-order valence-corrected chi connectivity index (χ0v) is 12.3. The molecule has 1 N–H and O–H groups in total. The molecule has 21 heavy (non-hydrogen) atoms. The van der Waals surface area contributed by atoms with E-state index in [1.54, 1.807) is 0 Å². The highest BCUT2D eigenvalue weighted by Gasteiger charge is 2.21. The molecule has 0 bridgehead atoms. The second-order valence-electron chi connectivity index (χ2n) is 5.26. The van der Waals surface area contributed by atoms with Crippen molar-refractivity contribution in [2.24, 2.45) is 5.92 Å². The molecule has 0 spiro atoms. The minimum absolute atomic E-state index is 0.0534. The van der Waals surface area contributed by atoms with Crippen LogP contribution in [0, 0.1) is 5.92 Å². The lowest BCUT2D eigenvalue weighted by atomic mass is 10.00. The van der Waals surface area contributed by atoms with Crippen LogP contribution in [0.3, 0.4) is 0 Å². The largest absolute Gasteiger partial charge is 0.323 e. The Morgan fingerprint density at radius 1 is 1.48 bits per heavy atom. The zero-order chi connectivity index (χ0) is 14.7. The molecule has 1 saturated heterocycles. The number of aromatic nitrogens is 2. The van der Waals surface area contributed by atoms with Crippen molar-refractivity contribution in [3.8, 4) is 0 Å². The van der Waals surface area contributed by atoms with E-state index in [1.165, 1.54) is 0 Å². The standard InChI is InChI=1S/C14H16N4O2S/c19-9-10-3-2-6-18(7-10)8-13(20)15-11-4-1-5-12-14(11)17-21-16-12/h1,4-5,9-10H,2-3,6-8H2,(H,15,20). The first-order valence-electron chi connectivity index (χ1n) is 6.95. The molecule has 1 amide bonds. The summed E-state index contributed by atoms with van der Waals surface area (Å²) in [5, 5.41) is 2.89. The predicted octanol–water partition coefficient (Wildman–Crippen LogP) is 1.54. The van der Waals surface area contributed by atoms with Crippen molar-refractivity contribution in [1.29, 1.82) is 0 Å². The molecule has 1 aliphatic rings. The van der Waals surface area contributed by atoms with Crippen molar-refractivity contribution in [1.82, 2.24) is 13.6 Å². The van der Waals surface area contributed by atoms with Crippen LogP contribution in [0.4, 0.5) is 5.69 Å². The van der Waals surface area contributed by atoms with Gasteiger partial charge in [-0.3, -0.25) is 9.69 Å². The molecular weight excluding hydrogens is 288 g/mol. The van der Waals surface area contributed by atoms with E-state index in [4.69, 9.17) is 0 Å². The van der Waals surface area contributed by atoms with E-state index in [-0.39, 0.29) is 11.8 Å². The number of nitrogens with zero attached hydrogens (tertiary/aromatic N) is 3. The van der Waals surface area contributed by atoms with Crippen LogP contribution in [0.15, 0.2) is 18.2 Å². The molecule has 1 unspecified atom stereocenters. The monoisotopic (exact) mass is 304 g/mol. The molecule has 2 heterocycles. The summed E-state index contributed by atoms with van der Waals surface area (Å²) in [4.78, 5) is 25.0. The topological polar surface area (TPSA) is 75.2 Å². The average molecular weight is 304 g/mol. The summed E-state index contributed by atoms with van der Waals surface area (Å²) >= 11 is 1.13. The SMILES string of the molecule is O=CC1CCCN(CC(=O)Nc2cccc3nsnc23)C1. The predicted molar refractivity (Wildman–Crippen MR) is 81.3 cm³/mol. The molecule has 1 aromatic heterocycles. The van der Waals surface area contributed by atoms with Gasteiger partial charge in [0.05, 0.1) is 24.0 Å². The lowest BCUT2D eigenvalue weighted by Gasteiger charge is -2.29. The molecule has 0 aliphatic carbocycles. The summed E-state index contributed by atoms with van der Waals surface area (Å²) in [6, 6.07) is 5.54. The number of carbonyl (C=O) groups is 2. The van der Waals surface area contributed by atoms with Crippen LogP contribution < -0.4 is 5.32 Å². The van der Waals surface area contributed by atoms with Crippen LogP contribution in [-0.4, -0.2) is 45.5 Å². The lowest BCUT2D eigenvalue weighted by Crippen LogP contribution is -2.40. The van der Waals surface area contributed by atoms with Gasteiger partial charge in [0.2, 0.25) is 5.91 Å². The molecule has 2 aromatic rings. The van der Waals surface area contributed by atoms with Gasteiger partial charge in [-0.2, -0.15) is 8.75 Å². The van der Waals surface area contributed by atoms with Gasteiger partial charge >= 0.3 is 0 Å². The van der Waals surface area contributed by atoms with Crippen LogP contribution in [0.25, 0.3) is 11.0 Å². The normalized spacial score (nSPS) is 19.5. The summed E-state index contributed by atoms with van der Waals surface area (Å²) in [5.74, 6) is -0.0280. The van der Waals surface area contributed by atoms with E-state index < -0.39 is 0 Å². The van der Waals surface area contributed by atoms with Crippen LogP contribution in [0.1, 0.15) is 12.8 Å². The summed E-state index contributed by atoms with van der Waals surface area (Å²) < 4.78 is 8.35. The molecule has 110 valence electrons. The maximum Gasteiger partial charge on any atom is 0.238 e. The molecule has 7 heteroatoms. The Hall–Kier alpha value is -1.86. The van der Waals surface area contributed by atoms with Gasteiger partial charge in [-0.15, -0.1) is 0 Å². The van der Waals surface area contributed by atoms with Crippen LogP contribution in [0.2, 0.25) is 0 Å². The van der Waals surface area contributed by atoms with Gasteiger partial charge < -0.3 is 10.1 Å². The van der Waals surface area contributed by atoms with Gasteiger partial charge in [-0.05, 0) is 31.5 Å². The highest BCUT2D eigenvalue weighted by atomic mass is 32.1. The average Bonchev–Trinajstić information content (AvgIpc) is 2.97. The minimum Gasteiger partial charge on any atom is -0.323 e. The number of likely N-dealkylation sites (tertiary alicyclic amines) is 1. The van der Waals surface area contributed by atoms with Crippen molar-refractivity contribution in [3.63, 3.8) is 0 Å². The second kappa shape index (κ2) is 6.28. The van der Waals surface area contributed by atoms with Gasteiger partial charge in [0, 0.05) is 12.5 Å². The van der Waals surface area contributed by atoms with E-state index in [0.717, 1.165) is 48.4 Å². The number of anilines is 1. The Morgan fingerprint density at radius 3 is 3.24 bits per heavy atom. The van der Waals surface area contributed by atoms with Gasteiger partial charge in [-0.1, -0.05) is 6.07 Å². The fourth-order valence-electron chi connectivity index (χ4n) is 2.65. The van der Waals surface area contributed by atoms with Crippen LogP contribution in [0.5, 0.6) is 0 Å². The van der Waals surface area contributed by atoms with Gasteiger partial charge in [-0.25, -0.2) is 0 Å². The first-order chi connectivity index (χ1) is 10.3. The van der Waals surface area contributed by atoms with E-state index >= 15 is 0 Å². The number of rotatable bonds is 4. The summed E-state index contributed by atoms with van der Waals surface area (Å²) in [6.45, 7) is 1.83. The van der Waals surface area contributed by atoms with Crippen LogP contribution >= 0.6 is 11.7 Å². The Bertz CT molecular complexity index is 657. The van der Waals surface area contributed by atoms with Gasteiger partial charge in [0.1, 0.15) is 17.3 Å². The zero-order valence-electron chi connectivity index (χ0n) is 11.5. The molecule has 0 saturated carbocycles. The van der Waals surface area contributed by atoms with E-state index in [9.17, 15) is 9.59 Å². The molecule has 1 aliphatic heterocycles. The van der Waals surface area contributed by atoms with Crippen molar-refractivity contribution in [2.45, 2.75) is 12.8 Å². The number of fused-ring (bicyclic) bond motifs is 1. The van der Waals surface area contributed by atoms with Crippen molar-refractivity contribution in [3.05, 3.63) is 18.2 Å². The number of amides is 1. The number of hydrogen-bond acceptors (Lipinski definition) is 6. The van der Waals surface area contributed by atoms with E-state index in [0.29, 0.717) is 18.8 Å². The smallest absolute Gasteiger partial charge is 0.238 e. The van der Waals surface area contributed by atoms with Crippen molar-refractivity contribution in [2.75, 3.05) is 25.0 Å². The van der Waals surface area contributed by atoms with Crippen molar-refractivity contribution >= 4 is 40.6 Å². The molecular formula is C14H16N4O2S. The van der Waals surface area contributed by atoms with E-state index in [1.807, 2.05) is 23.1 Å². The van der Waals surface area contributed by atoms with Crippen LogP contribution in [-0.2, 0) is 9.59 Å². The van der Waals surface area contributed by atoms with Gasteiger partial charge in [0.25, 0.3) is 0 Å². The Labute approximate surface area is 126 Å². The van der Waals surface area contributed by atoms with Crippen molar-refractivity contribution < 1.29 is 9.59 Å². The number of hydrogen-bond donors (Lipinski definition) is 1. The van der Waals surface area contributed by atoms with E-state index in [2.05, 4.69) is 14.1 Å². The minimum atomic E-state index is -0.0814. The molecule has 1 fully saturated rings. The highest BCUT2D eigenvalue weighted by Crippen LogP contribution is 2.21. The number of nitrogens with one attached hydrogen (secondary N) is 1. The quantitative estimate of drug-likeness (QED) is 0.867. The maximum absolute atomic E-state index is 12.2. The second-order valence-corrected chi connectivity index (χ2v) is 5.79. The molecule has 0 radical (unpaired) electrons. The first kappa shape index (κ1) is 14.1. The third-order valence-corrected chi connectivity index (χ3v) is 4.20. The lowest BCUT2D eigenvalue weighted by molar-refractivity contribution is -0.119. The Morgan fingerprint density at radius 2 is 2.38 bits per heavy atom. The molecule has 1 aromatic carbocycles. The molecule has 3 rings (SSSR count). The number of piperidine rings is 1. The Kier molecular flexibility index (Phi) is 4.21. The first-order valence-corrected chi connectivity index (χ1v) is 7.68. The summed E-state index contributed by atoms with van der Waals surface area (Å²) in [6.07, 6.45) is 2.87. The number of carbonyl (C=O) groups excluding carboxylic acids is 2. The summed E-state index contributed by atoms with van der Waals surface area (Å²) in [7, 11) is 0. The molecule has 6 nitrogen and oxygen atoms in total. The summed E-state index contributed by atoms with van der Waals surface area (Å²) in [5.41, 5.74) is 2.20. The highest BCUT2D eigenvalue weighted by molar-refractivity contribution is 7.00.